The van der Waals surface area contributed by atoms with Gasteiger partial charge in [-0.3, -0.25) is 0 Å². The quantitative estimate of drug-likeness (QED) is 0.397. The summed E-state index contributed by atoms with van der Waals surface area (Å²) in [5, 5.41) is 0.434. The van der Waals surface area contributed by atoms with Crippen LogP contribution in [0.5, 0.6) is 0 Å². The van der Waals surface area contributed by atoms with Crippen LogP contribution in [0.2, 0.25) is 0 Å². The number of hydrogen-bond donors (Lipinski definition) is 0. The van der Waals surface area contributed by atoms with E-state index >= 15 is 0 Å². The Hall–Kier alpha value is -1.67. The van der Waals surface area contributed by atoms with Crippen LogP contribution in [0.4, 0.5) is 0 Å². The van der Waals surface area contributed by atoms with Crippen molar-refractivity contribution in [1.29, 1.82) is 0 Å². The molecule has 2 heteroatoms. The highest BCUT2D eigenvalue weighted by atomic mass is 32.1. The highest BCUT2D eigenvalue weighted by Gasteiger charge is 2.02. The van der Waals surface area contributed by atoms with Crippen molar-refractivity contribution in [2.75, 3.05) is 0 Å². The summed E-state index contributed by atoms with van der Waals surface area (Å²) in [6.07, 6.45) is 4.93. The monoisotopic (exact) mass is 276 g/mol. The van der Waals surface area contributed by atoms with Crippen molar-refractivity contribution in [3.05, 3.63) is 73.0 Å². The van der Waals surface area contributed by atoms with Gasteiger partial charge in [-0.05, 0) is 24.4 Å². The normalized spacial score (nSPS) is 8.95. The van der Waals surface area contributed by atoms with Crippen LogP contribution in [0.25, 0.3) is 0 Å². The van der Waals surface area contributed by atoms with Crippen LogP contribution < -0.4 is 0 Å². The number of allylic oxidation sites excluding steroid dienone is 3. The minimum atomic E-state index is 0.434. The number of thiocarbonyl (C=S) groups is 1. The van der Waals surface area contributed by atoms with E-state index in [4.69, 9.17) is 17.0 Å². The number of rotatable bonds is 4. The van der Waals surface area contributed by atoms with Crippen molar-refractivity contribution in [3.8, 4) is 0 Å². The maximum atomic E-state index is 5.43. The molecule has 0 fully saturated rings. The van der Waals surface area contributed by atoms with E-state index in [1.807, 2.05) is 58.0 Å². The van der Waals surface area contributed by atoms with Gasteiger partial charge in [-0.25, -0.2) is 0 Å². The highest BCUT2D eigenvalue weighted by molar-refractivity contribution is 7.80. The topological polar surface area (TPSA) is 9.23 Å². The van der Waals surface area contributed by atoms with Gasteiger partial charge < -0.3 is 4.74 Å². The molecule has 0 saturated carbocycles. The zero-order valence-corrected chi connectivity index (χ0v) is 13.2. The van der Waals surface area contributed by atoms with Gasteiger partial charge >= 0.3 is 0 Å². The van der Waals surface area contributed by atoms with Gasteiger partial charge in [-0.1, -0.05) is 77.3 Å². The summed E-state index contributed by atoms with van der Waals surface area (Å²) in [5.74, 6) is 0.596. The fourth-order valence-electron chi connectivity index (χ4n) is 1.00. The van der Waals surface area contributed by atoms with E-state index in [1.165, 1.54) is 0 Å². The molecule has 0 amide bonds. The Morgan fingerprint density at radius 2 is 1.58 bits per heavy atom. The summed E-state index contributed by atoms with van der Waals surface area (Å²) < 4.78 is 5.43. The first-order chi connectivity index (χ1) is 9.27. The van der Waals surface area contributed by atoms with Gasteiger partial charge in [-0.2, -0.15) is 0 Å². The summed E-state index contributed by atoms with van der Waals surface area (Å²) in [7, 11) is 0. The van der Waals surface area contributed by atoms with Gasteiger partial charge in [0.15, 0.2) is 5.05 Å². The van der Waals surface area contributed by atoms with E-state index in [9.17, 15) is 0 Å². The molecule has 19 heavy (non-hydrogen) atoms. The zero-order valence-electron chi connectivity index (χ0n) is 12.3. The Kier molecular flexibility index (Phi) is 14.9. The van der Waals surface area contributed by atoms with Crippen LogP contribution in [-0.4, -0.2) is 5.05 Å². The Bertz CT molecular complexity index is 391. The molecule has 0 unspecified atom stereocenters. The fraction of sp³-hybridized carbons (Fsp3) is 0.235. The molecule has 0 atom stereocenters. The predicted octanol–water partition coefficient (Wildman–Crippen LogP) is 5.69. The van der Waals surface area contributed by atoms with E-state index in [1.54, 1.807) is 18.2 Å². The summed E-state index contributed by atoms with van der Waals surface area (Å²) in [4.78, 5) is 0. The second-order valence-electron chi connectivity index (χ2n) is 2.76. The lowest BCUT2D eigenvalue weighted by Gasteiger charge is -2.06. The van der Waals surface area contributed by atoms with Crippen molar-refractivity contribution in [2.24, 2.45) is 0 Å². The number of ether oxygens (including phenoxy) is 1. The molecule has 1 aromatic rings. The maximum Gasteiger partial charge on any atom is 0.198 e. The van der Waals surface area contributed by atoms with Gasteiger partial charge in [0.1, 0.15) is 5.76 Å². The van der Waals surface area contributed by atoms with Crippen LogP contribution in [0.1, 0.15) is 33.3 Å². The van der Waals surface area contributed by atoms with Gasteiger partial charge in [0, 0.05) is 5.56 Å². The molecule has 104 valence electrons. The zero-order chi connectivity index (χ0) is 15.1. The Balaban J connectivity index is 0. The van der Waals surface area contributed by atoms with Crippen molar-refractivity contribution in [1.82, 2.24) is 0 Å². The fourth-order valence-corrected chi connectivity index (χ4v) is 1.23. The molecule has 1 rings (SSSR count). The Morgan fingerprint density at radius 3 is 2.00 bits per heavy atom. The van der Waals surface area contributed by atoms with E-state index in [0.29, 0.717) is 10.8 Å². The van der Waals surface area contributed by atoms with Gasteiger partial charge in [0.2, 0.25) is 0 Å². The van der Waals surface area contributed by atoms with Gasteiger partial charge in [0.25, 0.3) is 0 Å². The SMILES string of the molecule is C=C/C=C(\C=C)OC(=S)c1ccccc1.CC.CC. The van der Waals surface area contributed by atoms with Crippen LogP contribution >= 0.6 is 12.2 Å². The molecule has 0 heterocycles. The molecule has 1 aromatic carbocycles. The molecule has 1 nitrogen and oxygen atoms in total. The average molecular weight is 276 g/mol. The lowest BCUT2D eigenvalue weighted by atomic mass is 10.2. The van der Waals surface area contributed by atoms with Crippen LogP contribution in [0.3, 0.4) is 0 Å². The smallest absolute Gasteiger partial charge is 0.198 e. The first-order valence-corrected chi connectivity index (χ1v) is 6.91. The van der Waals surface area contributed by atoms with Gasteiger partial charge in [-0.15, -0.1) is 0 Å². The molecule has 0 aliphatic rings. The van der Waals surface area contributed by atoms with Crippen molar-refractivity contribution < 1.29 is 4.74 Å². The van der Waals surface area contributed by atoms with E-state index in [0.717, 1.165) is 5.56 Å². The lowest BCUT2D eigenvalue weighted by molar-refractivity contribution is 0.448. The summed E-state index contributed by atoms with van der Waals surface area (Å²) in [6, 6.07) is 9.56. The third kappa shape index (κ3) is 8.97. The summed E-state index contributed by atoms with van der Waals surface area (Å²) >= 11 is 5.13. The Labute approximate surface area is 123 Å². The predicted molar refractivity (Wildman–Crippen MR) is 90.4 cm³/mol. The lowest BCUT2D eigenvalue weighted by Crippen LogP contribution is -2.01. The molecule has 0 aliphatic carbocycles. The Morgan fingerprint density at radius 1 is 1.05 bits per heavy atom. The van der Waals surface area contributed by atoms with Crippen LogP contribution in [-0.2, 0) is 4.74 Å². The third-order valence-corrected chi connectivity index (χ3v) is 2.02. The molecule has 0 spiro atoms. The van der Waals surface area contributed by atoms with Gasteiger partial charge in [0.05, 0.1) is 0 Å². The molecule has 0 aliphatic heterocycles. The molecule has 0 aromatic heterocycles. The standard InChI is InChI=1S/C13H12OS.2C2H6/c1-3-8-12(4-2)14-13(15)11-9-6-5-7-10-11;2*1-2/h3-10H,1-2H2;2*1-2H3/b12-8+;;. The van der Waals surface area contributed by atoms with Crippen molar-refractivity contribution >= 4 is 17.3 Å². The van der Waals surface area contributed by atoms with E-state index in [2.05, 4.69) is 13.2 Å². The number of benzene rings is 1. The largest absolute Gasteiger partial charge is 0.445 e. The molecule has 0 bridgehead atoms. The molecule has 0 saturated heterocycles. The minimum Gasteiger partial charge on any atom is -0.445 e. The van der Waals surface area contributed by atoms with Crippen LogP contribution in [0.15, 0.2) is 67.5 Å². The molecule has 0 radical (unpaired) electrons. The second-order valence-corrected chi connectivity index (χ2v) is 3.14. The van der Waals surface area contributed by atoms with Crippen molar-refractivity contribution in [3.63, 3.8) is 0 Å². The van der Waals surface area contributed by atoms with Crippen LogP contribution in [0, 0.1) is 0 Å². The minimum absolute atomic E-state index is 0.434. The van der Waals surface area contributed by atoms with Crippen molar-refractivity contribution in [2.45, 2.75) is 27.7 Å². The average Bonchev–Trinajstić information content (AvgIpc) is 2.51. The number of hydrogen-bond acceptors (Lipinski definition) is 2. The van der Waals surface area contributed by atoms with E-state index in [-0.39, 0.29) is 0 Å². The summed E-state index contributed by atoms with van der Waals surface area (Å²) in [6.45, 7) is 15.2. The molecule has 0 N–H and O–H groups in total. The van der Waals surface area contributed by atoms with E-state index < -0.39 is 0 Å². The maximum absolute atomic E-state index is 5.43. The third-order valence-electron chi connectivity index (χ3n) is 1.70. The highest BCUT2D eigenvalue weighted by Crippen LogP contribution is 2.08. The second kappa shape index (κ2) is 14.4. The molecular weight excluding hydrogens is 252 g/mol. The first-order valence-electron chi connectivity index (χ1n) is 6.50. The first kappa shape index (κ1) is 19.7. The summed E-state index contributed by atoms with van der Waals surface area (Å²) in [5.41, 5.74) is 0.879. The molecular formula is C17H24OS.